The second kappa shape index (κ2) is 6.26. The molecule has 0 heterocycles. The Kier molecular flexibility index (Phi) is 4.69. The van der Waals surface area contributed by atoms with Crippen LogP contribution < -0.4 is 5.32 Å². The van der Waals surface area contributed by atoms with Gasteiger partial charge in [-0.2, -0.15) is 0 Å². The number of ether oxygens (including phenoxy) is 1. The molecule has 1 fully saturated rings. The van der Waals surface area contributed by atoms with Gasteiger partial charge in [0.1, 0.15) is 0 Å². The first kappa shape index (κ1) is 18.0. The summed E-state index contributed by atoms with van der Waals surface area (Å²) < 4.78 is 4.92. The second-order valence-electron chi connectivity index (χ2n) is 6.98. The van der Waals surface area contributed by atoms with Crippen molar-refractivity contribution in [3.63, 3.8) is 0 Å². The number of carboxylic acid groups (broad SMARTS) is 1. The zero-order chi connectivity index (χ0) is 18.1. The van der Waals surface area contributed by atoms with Gasteiger partial charge in [-0.3, -0.25) is 9.59 Å². The molecule has 2 rings (SSSR count). The molecule has 6 heteroatoms. The Morgan fingerprint density at radius 2 is 1.83 bits per heavy atom. The molecule has 2 N–H and O–H groups in total. The minimum Gasteiger partial charge on any atom is -0.478 e. The van der Waals surface area contributed by atoms with E-state index in [2.05, 4.69) is 5.32 Å². The molecule has 2 unspecified atom stereocenters. The van der Waals surface area contributed by atoms with Gasteiger partial charge in [0.05, 0.1) is 23.8 Å². The molecule has 1 aromatic carbocycles. The fourth-order valence-electron chi connectivity index (χ4n) is 3.55. The average Bonchev–Trinajstić information content (AvgIpc) is 2.78. The van der Waals surface area contributed by atoms with Gasteiger partial charge >= 0.3 is 11.9 Å². The molecule has 1 aliphatic rings. The molecule has 130 valence electrons. The van der Waals surface area contributed by atoms with Crippen LogP contribution in [0.2, 0.25) is 0 Å². The Labute approximate surface area is 141 Å². The third-order valence-electron chi connectivity index (χ3n) is 5.59. The Morgan fingerprint density at radius 1 is 1.21 bits per heavy atom. The van der Waals surface area contributed by atoms with Crippen LogP contribution in [0.3, 0.4) is 0 Å². The van der Waals surface area contributed by atoms with Crippen LogP contribution in [0.25, 0.3) is 0 Å². The lowest BCUT2D eigenvalue weighted by Gasteiger charge is -2.38. The Bertz CT molecular complexity index is 682. The van der Waals surface area contributed by atoms with Crippen molar-refractivity contribution in [1.82, 2.24) is 0 Å². The first-order chi connectivity index (χ1) is 11.1. The van der Waals surface area contributed by atoms with E-state index < -0.39 is 22.7 Å². The van der Waals surface area contributed by atoms with E-state index in [4.69, 9.17) is 4.74 Å². The van der Waals surface area contributed by atoms with Gasteiger partial charge in [-0.05, 0) is 37.3 Å². The molecule has 2 atom stereocenters. The van der Waals surface area contributed by atoms with E-state index in [9.17, 15) is 19.5 Å². The second-order valence-corrected chi connectivity index (χ2v) is 6.98. The molecule has 0 radical (unpaired) electrons. The van der Waals surface area contributed by atoms with Crippen molar-refractivity contribution in [3.05, 3.63) is 29.8 Å². The number of amides is 1. The van der Waals surface area contributed by atoms with E-state index in [0.29, 0.717) is 12.8 Å². The number of hydrogen-bond acceptors (Lipinski definition) is 4. The topological polar surface area (TPSA) is 92.7 Å². The molecule has 0 saturated heterocycles. The number of benzene rings is 1. The highest BCUT2D eigenvalue weighted by Gasteiger charge is 2.58. The number of carboxylic acids is 1. The predicted octanol–water partition coefficient (Wildman–Crippen LogP) is 2.94. The third-order valence-corrected chi connectivity index (χ3v) is 5.59. The summed E-state index contributed by atoms with van der Waals surface area (Å²) >= 11 is 0. The summed E-state index contributed by atoms with van der Waals surface area (Å²) in [6.45, 7) is 5.58. The quantitative estimate of drug-likeness (QED) is 0.826. The molecule has 1 saturated carbocycles. The van der Waals surface area contributed by atoms with Crippen molar-refractivity contribution in [2.75, 3.05) is 12.4 Å². The van der Waals surface area contributed by atoms with Crippen LogP contribution in [0.5, 0.6) is 0 Å². The normalized spacial score (nSPS) is 25.1. The van der Waals surface area contributed by atoms with Crippen LogP contribution in [-0.4, -0.2) is 30.1 Å². The number of esters is 1. The van der Waals surface area contributed by atoms with E-state index in [0.717, 1.165) is 0 Å². The minimum absolute atomic E-state index is 0.0392. The molecule has 6 nitrogen and oxygen atoms in total. The first-order valence-corrected chi connectivity index (χ1v) is 7.86. The van der Waals surface area contributed by atoms with Crippen LogP contribution in [-0.2, 0) is 14.3 Å². The maximum absolute atomic E-state index is 12.7. The van der Waals surface area contributed by atoms with Gasteiger partial charge in [0.2, 0.25) is 5.91 Å². The molecule has 1 aliphatic carbocycles. The number of aromatic carboxylic acids is 1. The van der Waals surface area contributed by atoms with Crippen molar-refractivity contribution in [2.45, 2.75) is 33.6 Å². The third kappa shape index (κ3) is 2.77. The van der Waals surface area contributed by atoms with Crippen molar-refractivity contribution < 1.29 is 24.2 Å². The average molecular weight is 333 g/mol. The Hall–Kier alpha value is -2.37. The molecule has 1 amide bonds. The van der Waals surface area contributed by atoms with Gasteiger partial charge in [-0.1, -0.05) is 26.0 Å². The zero-order valence-corrected chi connectivity index (χ0v) is 14.4. The summed E-state index contributed by atoms with van der Waals surface area (Å²) in [6.07, 6.45) is 1.09. The summed E-state index contributed by atoms with van der Waals surface area (Å²) in [5, 5.41) is 11.9. The molecule has 0 bridgehead atoms. The lowest BCUT2D eigenvalue weighted by Crippen LogP contribution is -2.44. The largest absolute Gasteiger partial charge is 0.478 e. The monoisotopic (exact) mass is 333 g/mol. The lowest BCUT2D eigenvalue weighted by molar-refractivity contribution is -0.158. The highest BCUT2D eigenvalue weighted by atomic mass is 16.5. The van der Waals surface area contributed by atoms with Crippen LogP contribution >= 0.6 is 0 Å². The fourth-order valence-corrected chi connectivity index (χ4v) is 3.55. The van der Waals surface area contributed by atoms with Crippen LogP contribution in [0, 0.1) is 16.7 Å². The van der Waals surface area contributed by atoms with Crippen molar-refractivity contribution >= 4 is 23.5 Å². The maximum Gasteiger partial charge on any atom is 0.337 e. The number of carbonyl (C=O) groups is 3. The fraction of sp³-hybridized carbons (Fsp3) is 0.500. The predicted molar refractivity (Wildman–Crippen MR) is 88.7 cm³/mol. The van der Waals surface area contributed by atoms with E-state index in [1.54, 1.807) is 18.2 Å². The number of nitrogens with one attached hydrogen (secondary N) is 1. The van der Waals surface area contributed by atoms with Crippen molar-refractivity contribution in [2.24, 2.45) is 16.7 Å². The van der Waals surface area contributed by atoms with Crippen LogP contribution in [0.15, 0.2) is 24.3 Å². The van der Waals surface area contributed by atoms with E-state index in [1.807, 2.05) is 20.8 Å². The molecule has 0 aliphatic heterocycles. The molecule has 24 heavy (non-hydrogen) atoms. The number of rotatable bonds is 4. The standard InChI is InChI=1S/C18H23NO5/c1-17(2)12(9-10-18(17,3)16(23)24-4)14(20)19-13-8-6-5-7-11(13)15(21)22/h5-8,12H,9-10H2,1-4H3,(H,19,20)(H,21,22). The van der Waals surface area contributed by atoms with Gasteiger partial charge in [0, 0.05) is 5.92 Å². The summed E-state index contributed by atoms with van der Waals surface area (Å²) in [6, 6.07) is 6.27. The van der Waals surface area contributed by atoms with Crippen molar-refractivity contribution in [3.8, 4) is 0 Å². The summed E-state index contributed by atoms with van der Waals surface area (Å²) in [7, 11) is 1.35. The van der Waals surface area contributed by atoms with E-state index >= 15 is 0 Å². The van der Waals surface area contributed by atoms with Crippen LogP contribution in [0.1, 0.15) is 44.0 Å². The van der Waals surface area contributed by atoms with Gasteiger partial charge in [0.15, 0.2) is 0 Å². The molecular formula is C18H23NO5. The highest BCUT2D eigenvalue weighted by Crippen LogP contribution is 2.56. The van der Waals surface area contributed by atoms with E-state index in [-0.39, 0.29) is 23.1 Å². The Balaban J connectivity index is 2.26. The molecule has 0 spiro atoms. The van der Waals surface area contributed by atoms with Crippen molar-refractivity contribution in [1.29, 1.82) is 0 Å². The van der Waals surface area contributed by atoms with Gasteiger partial charge < -0.3 is 15.2 Å². The lowest BCUT2D eigenvalue weighted by atomic mass is 9.65. The Morgan fingerprint density at radius 3 is 2.42 bits per heavy atom. The van der Waals surface area contributed by atoms with E-state index in [1.165, 1.54) is 13.2 Å². The summed E-state index contributed by atoms with van der Waals surface area (Å²) in [5.41, 5.74) is -1.06. The SMILES string of the molecule is COC(=O)C1(C)CCC(C(=O)Nc2ccccc2C(=O)O)C1(C)C. The van der Waals surface area contributed by atoms with Gasteiger partial charge in [0.25, 0.3) is 0 Å². The molecule has 0 aromatic heterocycles. The minimum atomic E-state index is -1.10. The number of anilines is 1. The highest BCUT2D eigenvalue weighted by molar-refractivity contribution is 6.01. The number of hydrogen-bond donors (Lipinski definition) is 2. The summed E-state index contributed by atoms with van der Waals surface area (Å²) in [4.78, 5) is 36.2. The van der Waals surface area contributed by atoms with Crippen LogP contribution in [0.4, 0.5) is 5.69 Å². The molecular weight excluding hydrogens is 310 g/mol. The van der Waals surface area contributed by atoms with Gasteiger partial charge in [-0.25, -0.2) is 4.79 Å². The number of methoxy groups -OCH3 is 1. The summed E-state index contributed by atoms with van der Waals surface area (Å²) in [5.74, 6) is -2.12. The number of para-hydroxylation sites is 1. The first-order valence-electron chi connectivity index (χ1n) is 7.86. The smallest absolute Gasteiger partial charge is 0.337 e. The molecule has 1 aromatic rings. The number of carbonyl (C=O) groups excluding carboxylic acids is 2. The van der Waals surface area contributed by atoms with Gasteiger partial charge in [-0.15, -0.1) is 0 Å². The zero-order valence-electron chi connectivity index (χ0n) is 14.4. The maximum atomic E-state index is 12.7.